The van der Waals surface area contributed by atoms with Crippen LogP contribution in [0.15, 0.2) is 42.0 Å². The molecule has 0 aromatic heterocycles. The molecule has 2 aromatic carbocycles. The first-order valence-electron chi connectivity index (χ1n) is 11.0. The Bertz CT molecular complexity index is 1100. The minimum absolute atomic E-state index is 0.221. The van der Waals surface area contributed by atoms with Gasteiger partial charge in [-0.15, -0.1) is 0 Å². The number of amides is 4. The lowest BCUT2D eigenvalue weighted by molar-refractivity contribution is -0.122. The number of imide groups is 2. The average Bonchev–Trinajstić information content (AvgIpc) is 2.82. The number of ether oxygens (including phenoxy) is 3. The van der Waals surface area contributed by atoms with Gasteiger partial charge >= 0.3 is 6.03 Å². The highest BCUT2D eigenvalue weighted by atomic mass is 35.5. The van der Waals surface area contributed by atoms with Crippen molar-refractivity contribution >= 4 is 41.2 Å². The van der Waals surface area contributed by atoms with E-state index in [1.165, 1.54) is 20.3 Å². The van der Waals surface area contributed by atoms with Crippen molar-refractivity contribution in [1.29, 1.82) is 0 Å². The number of nitrogens with one attached hydrogen (secondary N) is 1. The van der Waals surface area contributed by atoms with Gasteiger partial charge in [-0.3, -0.25) is 14.9 Å². The van der Waals surface area contributed by atoms with E-state index in [0.29, 0.717) is 35.1 Å². The van der Waals surface area contributed by atoms with E-state index in [4.69, 9.17) is 25.8 Å². The third-order valence-electron chi connectivity index (χ3n) is 5.24. The van der Waals surface area contributed by atoms with E-state index in [2.05, 4.69) is 12.2 Å². The largest absolute Gasteiger partial charge is 0.497 e. The fourth-order valence-electron chi connectivity index (χ4n) is 3.46. The van der Waals surface area contributed by atoms with Crippen LogP contribution >= 0.6 is 11.6 Å². The van der Waals surface area contributed by atoms with Crippen molar-refractivity contribution in [3.63, 3.8) is 0 Å². The average molecular weight is 487 g/mol. The number of unbranched alkanes of at least 4 members (excludes halogenated alkanes) is 3. The molecule has 0 atom stereocenters. The maximum Gasteiger partial charge on any atom is 0.335 e. The Morgan fingerprint density at radius 1 is 1.00 bits per heavy atom. The van der Waals surface area contributed by atoms with Gasteiger partial charge in [-0.25, -0.2) is 9.69 Å². The molecule has 1 fully saturated rings. The molecule has 0 saturated carbocycles. The number of urea groups is 1. The van der Waals surface area contributed by atoms with E-state index in [9.17, 15) is 14.4 Å². The second-order valence-electron chi connectivity index (χ2n) is 7.60. The van der Waals surface area contributed by atoms with Crippen LogP contribution in [0.3, 0.4) is 0 Å². The first kappa shape index (κ1) is 25.1. The van der Waals surface area contributed by atoms with Crippen LogP contribution in [0.4, 0.5) is 10.5 Å². The smallest absolute Gasteiger partial charge is 0.335 e. The molecular weight excluding hydrogens is 460 g/mol. The topological polar surface area (TPSA) is 94.2 Å². The minimum atomic E-state index is -0.834. The molecule has 0 spiro atoms. The maximum atomic E-state index is 13.1. The number of hydrogen-bond acceptors (Lipinski definition) is 6. The molecule has 3 rings (SSSR count). The second kappa shape index (κ2) is 11.6. The molecule has 0 radical (unpaired) electrons. The van der Waals surface area contributed by atoms with E-state index in [1.807, 2.05) is 0 Å². The van der Waals surface area contributed by atoms with Crippen molar-refractivity contribution in [1.82, 2.24) is 5.32 Å². The molecule has 0 unspecified atom stereocenters. The van der Waals surface area contributed by atoms with Crippen LogP contribution in [-0.2, 0) is 9.59 Å². The molecule has 1 saturated heterocycles. The van der Waals surface area contributed by atoms with Crippen molar-refractivity contribution < 1.29 is 28.6 Å². The Hall–Kier alpha value is -3.52. The normalized spacial score (nSPS) is 14.9. The number of carbonyl (C=O) groups excluding carboxylic acids is 3. The molecule has 9 heteroatoms. The summed E-state index contributed by atoms with van der Waals surface area (Å²) in [5.74, 6) is -0.218. The maximum absolute atomic E-state index is 13.1. The number of benzene rings is 2. The molecule has 8 nitrogen and oxygen atoms in total. The number of halogens is 1. The van der Waals surface area contributed by atoms with Crippen LogP contribution in [0, 0.1) is 0 Å². The van der Waals surface area contributed by atoms with Crippen LogP contribution in [-0.4, -0.2) is 38.7 Å². The first-order valence-corrected chi connectivity index (χ1v) is 11.3. The van der Waals surface area contributed by atoms with Crippen molar-refractivity contribution in [3.8, 4) is 17.2 Å². The molecule has 4 amide bonds. The Labute approximate surface area is 203 Å². The molecule has 1 heterocycles. The van der Waals surface area contributed by atoms with E-state index in [1.54, 1.807) is 36.4 Å². The second-order valence-corrected chi connectivity index (χ2v) is 8.01. The van der Waals surface area contributed by atoms with E-state index in [-0.39, 0.29) is 10.6 Å². The van der Waals surface area contributed by atoms with Gasteiger partial charge in [0, 0.05) is 0 Å². The Kier molecular flexibility index (Phi) is 8.54. The predicted molar refractivity (Wildman–Crippen MR) is 130 cm³/mol. The van der Waals surface area contributed by atoms with Gasteiger partial charge in [-0.05, 0) is 54.5 Å². The standard InChI is InChI=1S/C25H27ClN2O6/c1-4-5-6-7-12-34-22-20(26)14-16(15-21(22)33-3)13-19-23(29)27-25(31)28(24(19)30)17-8-10-18(32-2)11-9-17/h8-11,13-15H,4-7,12H2,1-3H3,(H,27,29,31). The summed E-state index contributed by atoms with van der Waals surface area (Å²) >= 11 is 6.42. The number of nitrogens with zero attached hydrogens (tertiary/aromatic N) is 1. The summed E-state index contributed by atoms with van der Waals surface area (Å²) in [5.41, 5.74) is 0.522. The number of rotatable bonds is 10. The lowest BCUT2D eigenvalue weighted by Gasteiger charge is -2.26. The van der Waals surface area contributed by atoms with Crippen molar-refractivity contribution in [2.75, 3.05) is 25.7 Å². The number of methoxy groups -OCH3 is 2. The molecule has 0 bridgehead atoms. The van der Waals surface area contributed by atoms with Crippen LogP contribution in [0.5, 0.6) is 17.2 Å². The zero-order chi connectivity index (χ0) is 24.7. The zero-order valence-electron chi connectivity index (χ0n) is 19.4. The number of hydrogen-bond donors (Lipinski definition) is 1. The fraction of sp³-hybridized carbons (Fsp3) is 0.320. The van der Waals surface area contributed by atoms with Gasteiger partial charge in [0.25, 0.3) is 11.8 Å². The Balaban J connectivity index is 1.87. The quantitative estimate of drug-likeness (QED) is 0.289. The first-order chi connectivity index (χ1) is 16.4. The van der Waals surface area contributed by atoms with Crippen LogP contribution in [0.2, 0.25) is 5.02 Å². The molecule has 1 aliphatic rings. The zero-order valence-corrected chi connectivity index (χ0v) is 20.1. The Morgan fingerprint density at radius 2 is 1.74 bits per heavy atom. The SMILES string of the molecule is CCCCCCOc1c(Cl)cc(C=C2C(=O)NC(=O)N(c3ccc(OC)cc3)C2=O)cc1OC. The molecule has 2 aromatic rings. The highest BCUT2D eigenvalue weighted by molar-refractivity contribution is 6.39. The third-order valence-corrected chi connectivity index (χ3v) is 5.52. The monoisotopic (exact) mass is 486 g/mol. The molecule has 1 aliphatic heterocycles. The summed E-state index contributed by atoms with van der Waals surface area (Å²) in [5, 5.41) is 2.48. The lowest BCUT2D eigenvalue weighted by atomic mass is 10.1. The molecular formula is C25H27ClN2O6. The number of carbonyl (C=O) groups is 3. The van der Waals surface area contributed by atoms with E-state index < -0.39 is 17.8 Å². The van der Waals surface area contributed by atoms with Gasteiger partial charge in [0.1, 0.15) is 11.3 Å². The minimum Gasteiger partial charge on any atom is -0.497 e. The van der Waals surface area contributed by atoms with E-state index in [0.717, 1.165) is 30.6 Å². The van der Waals surface area contributed by atoms with Crippen molar-refractivity contribution in [2.24, 2.45) is 0 Å². The van der Waals surface area contributed by atoms with Crippen molar-refractivity contribution in [2.45, 2.75) is 32.6 Å². The lowest BCUT2D eigenvalue weighted by Crippen LogP contribution is -2.54. The van der Waals surface area contributed by atoms with Crippen LogP contribution in [0.25, 0.3) is 6.08 Å². The highest BCUT2D eigenvalue weighted by Gasteiger charge is 2.36. The molecule has 1 N–H and O–H groups in total. The summed E-state index contributed by atoms with van der Waals surface area (Å²) in [7, 11) is 2.99. The summed E-state index contributed by atoms with van der Waals surface area (Å²) in [4.78, 5) is 38.8. The van der Waals surface area contributed by atoms with Crippen LogP contribution in [0.1, 0.15) is 38.2 Å². The summed E-state index contributed by atoms with van der Waals surface area (Å²) in [6, 6.07) is 8.69. The number of anilines is 1. The third kappa shape index (κ3) is 5.69. The summed E-state index contributed by atoms with van der Waals surface area (Å²) in [6.45, 7) is 2.63. The van der Waals surface area contributed by atoms with E-state index >= 15 is 0 Å². The number of barbiturate groups is 1. The molecule has 180 valence electrons. The molecule has 0 aliphatic carbocycles. The van der Waals surface area contributed by atoms with Gasteiger partial charge < -0.3 is 14.2 Å². The summed E-state index contributed by atoms with van der Waals surface area (Å²) < 4.78 is 16.3. The van der Waals surface area contributed by atoms with Gasteiger partial charge in [-0.2, -0.15) is 0 Å². The van der Waals surface area contributed by atoms with Crippen LogP contribution < -0.4 is 24.4 Å². The van der Waals surface area contributed by atoms with Gasteiger partial charge in [-0.1, -0.05) is 37.8 Å². The fourth-order valence-corrected chi connectivity index (χ4v) is 3.73. The Morgan fingerprint density at radius 3 is 2.38 bits per heavy atom. The van der Waals surface area contributed by atoms with Gasteiger partial charge in [0.05, 0.1) is 31.5 Å². The van der Waals surface area contributed by atoms with Gasteiger partial charge in [0.2, 0.25) is 0 Å². The highest BCUT2D eigenvalue weighted by Crippen LogP contribution is 2.37. The van der Waals surface area contributed by atoms with Crippen molar-refractivity contribution in [3.05, 3.63) is 52.6 Å². The predicted octanol–water partition coefficient (Wildman–Crippen LogP) is 4.98. The molecule has 34 heavy (non-hydrogen) atoms. The summed E-state index contributed by atoms with van der Waals surface area (Å²) in [6.07, 6.45) is 5.57. The van der Waals surface area contributed by atoms with Gasteiger partial charge in [0.15, 0.2) is 11.5 Å².